The Morgan fingerprint density at radius 3 is 2.15 bits per heavy atom. The monoisotopic (exact) mass is 543 g/mol. The molecule has 39 heavy (non-hydrogen) atoms. The SMILES string of the molecule is O=C(c1ccc(F)cc1)N(Cc1ccco1)Cc1cnc(S(=O)(=O)Cc2ccccc2)n1Cc1ccccc1. The highest BCUT2D eigenvalue weighted by Gasteiger charge is 2.26. The molecule has 0 saturated heterocycles. The molecule has 1 amide bonds. The summed E-state index contributed by atoms with van der Waals surface area (Å²) in [4.78, 5) is 19.4. The van der Waals surface area contributed by atoms with Crippen molar-refractivity contribution in [3.8, 4) is 0 Å². The van der Waals surface area contributed by atoms with Crippen LogP contribution in [0.5, 0.6) is 0 Å². The van der Waals surface area contributed by atoms with E-state index in [2.05, 4.69) is 4.98 Å². The first-order valence-corrected chi connectivity index (χ1v) is 14.0. The third-order valence-electron chi connectivity index (χ3n) is 6.22. The second-order valence-corrected chi connectivity index (χ2v) is 11.0. The van der Waals surface area contributed by atoms with Crippen molar-refractivity contribution in [2.24, 2.45) is 0 Å². The average molecular weight is 544 g/mol. The number of rotatable bonds is 10. The van der Waals surface area contributed by atoms with Gasteiger partial charge < -0.3 is 13.9 Å². The van der Waals surface area contributed by atoms with Crippen LogP contribution in [0.25, 0.3) is 0 Å². The third kappa shape index (κ3) is 6.32. The number of amides is 1. The number of hydrogen-bond donors (Lipinski definition) is 0. The van der Waals surface area contributed by atoms with Gasteiger partial charge in [-0.3, -0.25) is 4.79 Å². The molecule has 0 fully saturated rings. The Hall–Kier alpha value is -4.50. The fourth-order valence-electron chi connectivity index (χ4n) is 4.32. The van der Waals surface area contributed by atoms with E-state index in [1.807, 2.05) is 36.4 Å². The van der Waals surface area contributed by atoms with Gasteiger partial charge in [-0.2, -0.15) is 0 Å². The van der Waals surface area contributed by atoms with E-state index in [9.17, 15) is 17.6 Å². The molecule has 0 N–H and O–H groups in total. The van der Waals surface area contributed by atoms with Crippen LogP contribution in [0.1, 0.15) is 32.9 Å². The van der Waals surface area contributed by atoms with Crippen molar-refractivity contribution in [3.05, 3.63) is 143 Å². The number of sulfone groups is 1. The quantitative estimate of drug-likeness (QED) is 0.233. The van der Waals surface area contributed by atoms with E-state index < -0.39 is 15.7 Å². The van der Waals surface area contributed by atoms with E-state index in [0.29, 0.717) is 22.6 Å². The predicted octanol–water partition coefficient (Wildman–Crippen LogP) is 5.48. The summed E-state index contributed by atoms with van der Waals surface area (Å²) in [6.07, 6.45) is 3.01. The van der Waals surface area contributed by atoms with Crippen LogP contribution in [-0.4, -0.2) is 28.8 Å². The largest absolute Gasteiger partial charge is 0.467 e. The molecule has 5 rings (SSSR count). The van der Waals surface area contributed by atoms with E-state index in [4.69, 9.17) is 4.42 Å². The van der Waals surface area contributed by atoms with Crippen LogP contribution < -0.4 is 0 Å². The summed E-state index contributed by atoms with van der Waals surface area (Å²) in [6, 6.07) is 27.2. The summed E-state index contributed by atoms with van der Waals surface area (Å²) in [5.41, 5.74) is 2.37. The van der Waals surface area contributed by atoms with Gasteiger partial charge in [0, 0.05) is 5.56 Å². The lowest BCUT2D eigenvalue weighted by molar-refractivity contribution is 0.0713. The molecule has 0 spiro atoms. The van der Waals surface area contributed by atoms with E-state index >= 15 is 0 Å². The van der Waals surface area contributed by atoms with Gasteiger partial charge in [0.05, 0.1) is 43.5 Å². The first-order chi connectivity index (χ1) is 18.9. The van der Waals surface area contributed by atoms with Crippen LogP contribution in [-0.2, 0) is 35.2 Å². The Morgan fingerprint density at radius 1 is 0.846 bits per heavy atom. The molecular weight excluding hydrogens is 517 g/mol. The van der Waals surface area contributed by atoms with Crippen molar-refractivity contribution in [1.29, 1.82) is 0 Å². The summed E-state index contributed by atoms with van der Waals surface area (Å²) in [6.45, 7) is 0.433. The van der Waals surface area contributed by atoms with E-state index in [-0.39, 0.29) is 36.5 Å². The standard InChI is InChI=1S/C30H26FN3O4S/c31-26-15-13-25(14-16-26)29(35)33(21-28-12-7-17-38-28)20-27-18-32-30(34(27)19-23-8-3-1-4-9-23)39(36,37)22-24-10-5-2-6-11-24/h1-18H,19-22H2. The molecule has 0 radical (unpaired) electrons. The molecule has 9 heteroatoms. The summed E-state index contributed by atoms with van der Waals surface area (Å²) in [5, 5.41) is -0.0719. The highest BCUT2D eigenvalue weighted by molar-refractivity contribution is 7.90. The van der Waals surface area contributed by atoms with E-state index in [0.717, 1.165) is 5.56 Å². The van der Waals surface area contributed by atoms with Gasteiger partial charge in [-0.15, -0.1) is 0 Å². The van der Waals surface area contributed by atoms with Crippen LogP contribution >= 0.6 is 0 Å². The Morgan fingerprint density at radius 2 is 1.51 bits per heavy atom. The number of furan rings is 1. The number of imidazole rings is 1. The van der Waals surface area contributed by atoms with Crippen molar-refractivity contribution in [3.63, 3.8) is 0 Å². The summed E-state index contributed by atoms with van der Waals surface area (Å²) >= 11 is 0. The molecule has 0 aliphatic heterocycles. The molecule has 0 aliphatic rings. The second-order valence-electron chi connectivity index (χ2n) is 9.10. The first-order valence-electron chi connectivity index (χ1n) is 12.3. The number of benzene rings is 3. The maximum atomic E-state index is 13.5. The number of aromatic nitrogens is 2. The molecule has 7 nitrogen and oxygen atoms in total. The number of carbonyl (C=O) groups is 1. The Bertz CT molecular complexity index is 1630. The number of nitrogens with zero attached hydrogens (tertiary/aromatic N) is 3. The van der Waals surface area contributed by atoms with Gasteiger partial charge in [-0.05, 0) is 47.5 Å². The molecular formula is C30H26FN3O4S. The highest BCUT2D eigenvalue weighted by Crippen LogP contribution is 2.22. The molecule has 0 bridgehead atoms. The van der Waals surface area contributed by atoms with E-state index in [1.54, 1.807) is 41.0 Å². The number of halogens is 1. The van der Waals surface area contributed by atoms with E-state index in [1.165, 1.54) is 41.6 Å². The zero-order valence-corrected chi connectivity index (χ0v) is 21.8. The van der Waals surface area contributed by atoms with Gasteiger partial charge >= 0.3 is 0 Å². The molecule has 0 atom stereocenters. The maximum absolute atomic E-state index is 13.5. The van der Waals surface area contributed by atoms with Crippen molar-refractivity contribution in [2.45, 2.75) is 30.5 Å². The fraction of sp³-hybridized carbons (Fsp3) is 0.133. The zero-order valence-electron chi connectivity index (χ0n) is 21.0. The van der Waals surface area contributed by atoms with Crippen molar-refractivity contribution >= 4 is 15.7 Å². The van der Waals surface area contributed by atoms with Gasteiger partial charge in [0.2, 0.25) is 15.0 Å². The lowest BCUT2D eigenvalue weighted by atomic mass is 10.2. The normalized spacial score (nSPS) is 11.4. The minimum Gasteiger partial charge on any atom is -0.467 e. The molecule has 5 aromatic rings. The van der Waals surface area contributed by atoms with Crippen LogP contribution in [0.2, 0.25) is 0 Å². The van der Waals surface area contributed by atoms with Crippen molar-refractivity contribution < 1.29 is 22.0 Å². The molecule has 0 unspecified atom stereocenters. The van der Waals surface area contributed by atoms with Crippen LogP contribution in [0.4, 0.5) is 4.39 Å². The third-order valence-corrected chi connectivity index (χ3v) is 7.82. The molecule has 2 aromatic heterocycles. The summed E-state index contributed by atoms with van der Waals surface area (Å²) < 4.78 is 47.7. The lowest BCUT2D eigenvalue weighted by Crippen LogP contribution is -2.31. The smallest absolute Gasteiger partial charge is 0.254 e. The second kappa shape index (κ2) is 11.5. The van der Waals surface area contributed by atoms with Crippen molar-refractivity contribution in [1.82, 2.24) is 14.5 Å². The first kappa shape index (κ1) is 26.1. The summed E-state index contributed by atoms with van der Waals surface area (Å²) in [5.74, 6) is -0.452. The minimum atomic E-state index is -3.82. The Balaban J connectivity index is 1.52. The number of hydrogen-bond acceptors (Lipinski definition) is 5. The summed E-state index contributed by atoms with van der Waals surface area (Å²) in [7, 11) is -3.82. The zero-order chi connectivity index (χ0) is 27.2. The Labute approximate surface area is 226 Å². The lowest BCUT2D eigenvalue weighted by Gasteiger charge is -2.23. The van der Waals surface area contributed by atoms with Gasteiger partial charge in [-0.25, -0.2) is 17.8 Å². The van der Waals surface area contributed by atoms with Crippen molar-refractivity contribution in [2.75, 3.05) is 0 Å². The average Bonchev–Trinajstić information content (AvgIpc) is 3.60. The van der Waals surface area contributed by atoms with Gasteiger partial charge in [0.1, 0.15) is 11.6 Å². The van der Waals surface area contributed by atoms with Crippen LogP contribution in [0.15, 0.2) is 119 Å². The topological polar surface area (TPSA) is 85.4 Å². The van der Waals surface area contributed by atoms with Gasteiger partial charge in [-0.1, -0.05) is 60.7 Å². The highest BCUT2D eigenvalue weighted by atomic mass is 32.2. The van der Waals surface area contributed by atoms with Gasteiger partial charge in [0.15, 0.2) is 0 Å². The minimum absolute atomic E-state index is 0.0532. The van der Waals surface area contributed by atoms with Gasteiger partial charge in [0.25, 0.3) is 5.91 Å². The molecule has 0 aliphatic carbocycles. The molecule has 2 heterocycles. The maximum Gasteiger partial charge on any atom is 0.254 e. The molecule has 198 valence electrons. The fourth-order valence-corrected chi connectivity index (χ4v) is 5.81. The van der Waals surface area contributed by atoms with Crippen LogP contribution in [0, 0.1) is 5.82 Å². The molecule has 3 aromatic carbocycles. The Kier molecular flexibility index (Phi) is 7.69. The molecule has 0 saturated carbocycles. The predicted molar refractivity (Wildman–Crippen MR) is 144 cm³/mol. The van der Waals surface area contributed by atoms with Crippen LogP contribution in [0.3, 0.4) is 0 Å². The number of carbonyl (C=O) groups excluding carboxylic acids is 1.